The molecule has 0 unspecified atom stereocenters. The van der Waals surface area contributed by atoms with E-state index in [-0.39, 0.29) is 36.8 Å². The first-order chi connectivity index (χ1) is 12.7. The summed E-state index contributed by atoms with van der Waals surface area (Å²) >= 11 is 0. The van der Waals surface area contributed by atoms with Gasteiger partial charge in [0.1, 0.15) is 5.75 Å². The maximum atomic E-state index is 12.8. The molecule has 4 N–H and O–H groups in total. The molecule has 0 spiro atoms. The van der Waals surface area contributed by atoms with Gasteiger partial charge in [0.25, 0.3) is 5.91 Å². The van der Waals surface area contributed by atoms with Gasteiger partial charge in [-0.05, 0) is 49.9 Å². The molecule has 1 saturated carbocycles. The fraction of sp³-hybridized carbons (Fsp3) is 0.474. The molecule has 1 saturated heterocycles. The molecule has 1 aliphatic heterocycles. The van der Waals surface area contributed by atoms with Crippen molar-refractivity contribution in [2.75, 3.05) is 20.2 Å². The zero-order chi connectivity index (χ0) is 18.1. The van der Waals surface area contributed by atoms with Gasteiger partial charge in [0.15, 0.2) is 0 Å². The number of rotatable bonds is 4. The van der Waals surface area contributed by atoms with Crippen LogP contribution in [0.1, 0.15) is 23.2 Å². The molecule has 2 aromatic rings. The van der Waals surface area contributed by atoms with Crippen LogP contribution >= 0.6 is 24.8 Å². The number of methoxy groups -OCH3 is 1. The number of H-pyrrole nitrogens is 1. The van der Waals surface area contributed by atoms with Crippen LogP contribution in [0.15, 0.2) is 30.5 Å². The van der Waals surface area contributed by atoms with Gasteiger partial charge in [-0.2, -0.15) is 5.10 Å². The molecule has 0 radical (unpaired) electrons. The number of benzene rings is 1. The molecular formula is C19H26Cl2N4O3. The Morgan fingerprint density at radius 2 is 2.00 bits per heavy atom. The molecule has 1 aromatic carbocycles. The van der Waals surface area contributed by atoms with E-state index < -0.39 is 6.10 Å². The number of aromatic nitrogens is 2. The summed E-state index contributed by atoms with van der Waals surface area (Å²) in [6, 6.07) is 7.25. The minimum Gasteiger partial charge on any atom is -0.497 e. The van der Waals surface area contributed by atoms with Crippen molar-refractivity contribution >= 4 is 30.7 Å². The van der Waals surface area contributed by atoms with Gasteiger partial charge in [-0.1, -0.05) is 12.1 Å². The molecule has 4 rings (SSSR count). The first kappa shape index (κ1) is 22.5. The average Bonchev–Trinajstić information content (AvgIpc) is 3.31. The molecule has 1 aliphatic carbocycles. The number of aromatic amines is 1. The molecule has 2 heterocycles. The number of aliphatic hydroxyl groups is 1. The Hall–Kier alpha value is -1.80. The molecule has 2 aliphatic rings. The number of aliphatic hydroxyl groups excluding tert-OH is 1. The van der Waals surface area contributed by atoms with Crippen molar-refractivity contribution in [3.05, 3.63) is 36.0 Å². The van der Waals surface area contributed by atoms with Crippen LogP contribution < -0.4 is 15.4 Å². The number of nitrogens with one attached hydrogen (secondary N) is 3. The minimum atomic E-state index is -0.507. The van der Waals surface area contributed by atoms with Crippen molar-refractivity contribution in [2.45, 2.75) is 25.0 Å². The lowest BCUT2D eigenvalue weighted by molar-refractivity contribution is 0.0462. The predicted molar refractivity (Wildman–Crippen MR) is 111 cm³/mol. The number of nitrogens with zero attached hydrogens (tertiary/aromatic N) is 1. The van der Waals surface area contributed by atoms with E-state index in [1.807, 2.05) is 24.3 Å². The van der Waals surface area contributed by atoms with Gasteiger partial charge in [0.2, 0.25) is 0 Å². The second-order valence-electron chi connectivity index (χ2n) is 7.19. The van der Waals surface area contributed by atoms with Crippen molar-refractivity contribution in [3.8, 4) is 17.0 Å². The molecular weight excluding hydrogens is 403 g/mol. The summed E-state index contributed by atoms with van der Waals surface area (Å²) in [6.07, 6.45) is 2.56. The first-order valence-electron chi connectivity index (χ1n) is 9.03. The van der Waals surface area contributed by atoms with Crippen molar-refractivity contribution in [1.29, 1.82) is 0 Å². The highest BCUT2D eigenvalue weighted by atomic mass is 35.5. The van der Waals surface area contributed by atoms with E-state index in [4.69, 9.17) is 4.74 Å². The summed E-state index contributed by atoms with van der Waals surface area (Å²) in [5, 5.41) is 23.8. The van der Waals surface area contributed by atoms with Crippen molar-refractivity contribution in [1.82, 2.24) is 20.8 Å². The molecule has 7 nitrogen and oxygen atoms in total. The third-order valence-electron chi connectivity index (χ3n) is 5.60. The summed E-state index contributed by atoms with van der Waals surface area (Å²) < 4.78 is 5.26. The Morgan fingerprint density at radius 3 is 2.75 bits per heavy atom. The number of carbonyl (C=O) groups excluding carboxylic acids is 1. The molecule has 4 atom stereocenters. The normalized spacial score (nSPS) is 25.8. The average molecular weight is 429 g/mol. The monoisotopic (exact) mass is 428 g/mol. The van der Waals surface area contributed by atoms with Gasteiger partial charge in [-0.15, -0.1) is 24.8 Å². The molecule has 1 aromatic heterocycles. The third kappa shape index (κ3) is 4.43. The van der Waals surface area contributed by atoms with Crippen LogP contribution in [0.3, 0.4) is 0 Å². The highest BCUT2D eigenvalue weighted by Crippen LogP contribution is 2.33. The van der Waals surface area contributed by atoms with Crippen LogP contribution in [-0.4, -0.2) is 53.6 Å². The number of fused-ring (bicyclic) bond motifs is 1. The lowest BCUT2D eigenvalue weighted by atomic mass is 9.77. The van der Waals surface area contributed by atoms with E-state index in [1.165, 1.54) is 6.20 Å². The van der Waals surface area contributed by atoms with Crippen molar-refractivity contribution in [2.24, 2.45) is 11.8 Å². The summed E-state index contributed by atoms with van der Waals surface area (Å²) in [7, 11) is 1.61. The van der Waals surface area contributed by atoms with Gasteiger partial charge < -0.3 is 20.5 Å². The number of halogens is 2. The van der Waals surface area contributed by atoms with E-state index in [9.17, 15) is 9.90 Å². The lowest BCUT2D eigenvalue weighted by Gasteiger charge is -2.35. The number of hydrogen-bond acceptors (Lipinski definition) is 5. The molecule has 9 heteroatoms. The molecule has 1 amide bonds. The van der Waals surface area contributed by atoms with Crippen LogP contribution in [0.5, 0.6) is 5.75 Å². The topological polar surface area (TPSA) is 99.3 Å². The van der Waals surface area contributed by atoms with Gasteiger partial charge in [0, 0.05) is 5.56 Å². The fourth-order valence-electron chi connectivity index (χ4n) is 4.15. The van der Waals surface area contributed by atoms with Crippen LogP contribution in [0.2, 0.25) is 0 Å². The van der Waals surface area contributed by atoms with E-state index in [0.29, 0.717) is 28.8 Å². The summed E-state index contributed by atoms with van der Waals surface area (Å²) in [5.74, 6) is 1.53. The maximum Gasteiger partial charge on any atom is 0.255 e. The lowest BCUT2D eigenvalue weighted by Crippen LogP contribution is -2.49. The molecule has 154 valence electrons. The largest absolute Gasteiger partial charge is 0.497 e. The Morgan fingerprint density at radius 1 is 1.25 bits per heavy atom. The minimum absolute atomic E-state index is 0. The molecule has 2 fully saturated rings. The second-order valence-corrected chi connectivity index (χ2v) is 7.19. The zero-order valence-corrected chi connectivity index (χ0v) is 17.2. The fourth-order valence-corrected chi connectivity index (χ4v) is 4.15. The summed E-state index contributed by atoms with van der Waals surface area (Å²) in [4.78, 5) is 12.8. The standard InChI is InChI=1S/C19H24N4O3.2ClH/c1-26-14-4-2-3-11(5-14)18-15(10-21-23-18)19(25)22-16-6-12-8-20-9-13(12)7-17(16)24;;/h2-5,10,12-13,16-17,20,24H,6-9H2,1H3,(H,21,23)(H,22,25);2*1H/t12-,13+,16-,17-;;/m0../s1. The quantitative estimate of drug-likeness (QED) is 0.596. The Bertz CT molecular complexity index is 801. The maximum absolute atomic E-state index is 12.8. The molecule has 28 heavy (non-hydrogen) atoms. The number of amides is 1. The van der Waals surface area contributed by atoms with Crippen molar-refractivity contribution in [3.63, 3.8) is 0 Å². The van der Waals surface area contributed by atoms with Gasteiger partial charge in [0.05, 0.1) is 36.7 Å². The number of carbonyl (C=O) groups is 1. The van der Waals surface area contributed by atoms with Crippen LogP contribution in [-0.2, 0) is 0 Å². The van der Waals surface area contributed by atoms with E-state index in [2.05, 4.69) is 20.8 Å². The van der Waals surface area contributed by atoms with Crippen LogP contribution in [0.25, 0.3) is 11.3 Å². The Balaban J connectivity index is 0.00000140. The van der Waals surface area contributed by atoms with Gasteiger partial charge in [-0.3, -0.25) is 9.89 Å². The van der Waals surface area contributed by atoms with Gasteiger partial charge in [-0.25, -0.2) is 0 Å². The van der Waals surface area contributed by atoms with E-state index in [1.54, 1.807) is 7.11 Å². The third-order valence-corrected chi connectivity index (χ3v) is 5.60. The smallest absolute Gasteiger partial charge is 0.255 e. The SMILES string of the molecule is COc1cccc(-c2[nH]ncc2C(=O)N[C@H]2C[C@H]3CNC[C@H]3C[C@@H]2O)c1.Cl.Cl. The predicted octanol–water partition coefficient (Wildman–Crippen LogP) is 2.02. The zero-order valence-electron chi connectivity index (χ0n) is 15.6. The summed E-state index contributed by atoms with van der Waals surface area (Å²) in [6.45, 7) is 1.93. The van der Waals surface area contributed by atoms with E-state index in [0.717, 1.165) is 31.5 Å². The van der Waals surface area contributed by atoms with Crippen LogP contribution in [0, 0.1) is 11.8 Å². The summed E-state index contributed by atoms with van der Waals surface area (Å²) in [5.41, 5.74) is 1.94. The second kappa shape index (κ2) is 9.60. The van der Waals surface area contributed by atoms with Crippen molar-refractivity contribution < 1.29 is 14.6 Å². The highest BCUT2D eigenvalue weighted by Gasteiger charge is 2.39. The number of ether oxygens (including phenoxy) is 1. The first-order valence-corrected chi connectivity index (χ1v) is 9.03. The highest BCUT2D eigenvalue weighted by molar-refractivity contribution is 6.00. The Kier molecular flexibility index (Phi) is 7.71. The number of hydrogen-bond donors (Lipinski definition) is 4. The molecule has 0 bridgehead atoms. The van der Waals surface area contributed by atoms with Gasteiger partial charge >= 0.3 is 0 Å². The Labute approximate surface area is 176 Å². The van der Waals surface area contributed by atoms with E-state index >= 15 is 0 Å². The van der Waals surface area contributed by atoms with Crippen LogP contribution in [0.4, 0.5) is 0 Å².